The smallest absolute Gasteiger partial charge is 0.311 e. The summed E-state index contributed by atoms with van der Waals surface area (Å²) in [4.78, 5) is 18.2. The van der Waals surface area contributed by atoms with Gasteiger partial charge in [0, 0.05) is 13.2 Å². The molecule has 0 amide bonds. The Hall–Kier alpha value is -0.730. The lowest BCUT2D eigenvalue weighted by atomic mass is 9.80. The molecule has 1 N–H and O–H groups in total. The highest BCUT2D eigenvalue weighted by Crippen LogP contribution is 2.33. The number of ether oxygens (including phenoxy) is 4. The Balaban J connectivity index is 1.79. The highest BCUT2D eigenvalue weighted by molar-refractivity contribution is 5.73. The van der Waals surface area contributed by atoms with E-state index >= 15 is 0 Å². The average Bonchev–Trinajstić information content (AvgIpc) is 2.93. The number of carbonyl (C=O) groups is 1. The first kappa shape index (κ1) is 33.5. The predicted octanol–water partition coefficient (Wildman–Crippen LogP) is 7.49. The normalized spacial score (nSPS) is 25.7. The van der Waals surface area contributed by atoms with E-state index in [4.69, 9.17) is 23.8 Å². The van der Waals surface area contributed by atoms with Crippen LogP contribution in [0.1, 0.15) is 130 Å². The van der Waals surface area contributed by atoms with Gasteiger partial charge in [0.1, 0.15) is 12.7 Å². The van der Waals surface area contributed by atoms with Crippen molar-refractivity contribution >= 4 is 5.97 Å². The first-order valence-corrected chi connectivity index (χ1v) is 15.9. The molecule has 2 atom stereocenters. The van der Waals surface area contributed by atoms with Crippen molar-refractivity contribution in [1.29, 1.82) is 0 Å². The van der Waals surface area contributed by atoms with Crippen LogP contribution in [0.2, 0.25) is 0 Å². The second-order valence-corrected chi connectivity index (χ2v) is 11.4. The van der Waals surface area contributed by atoms with Crippen LogP contribution >= 0.6 is 0 Å². The molecule has 7 nitrogen and oxygen atoms in total. The van der Waals surface area contributed by atoms with Crippen LogP contribution in [-0.4, -0.2) is 62.1 Å². The maximum absolute atomic E-state index is 13.2. The van der Waals surface area contributed by atoms with Crippen LogP contribution in [0, 0.1) is 11.8 Å². The largest absolute Gasteiger partial charge is 0.463 e. The van der Waals surface area contributed by atoms with Crippen molar-refractivity contribution in [3.05, 3.63) is 0 Å². The zero-order chi connectivity index (χ0) is 27.4. The maximum Gasteiger partial charge on any atom is 0.311 e. The molecule has 0 heterocycles. The van der Waals surface area contributed by atoms with Gasteiger partial charge in [0.15, 0.2) is 0 Å². The van der Waals surface area contributed by atoms with E-state index in [1.807, 2.05) is 13.8 Å². The summed E-state index contributed by atoms with van der Waals surface area (Å²) in [5.74, 6) is -0.271. The van der Waals surface area contributed by atoms with Crippen LogP contribution in [0.3, 0.4) is 0 Å². The summed E-state index contributed by atoms with van der Waals surface area (Å²) in [6.07, 6.45) is 18.3. The van der Waals surface area contributed by atoms with Gasteiger partial charge in [0.25, 0.3) is 0 Å². The quantitative estimate of drug-likeness (QED) is 0.0696. The molecule has 0 aromatic rings. The van der Waals surface area contributed by atoms with E-state index in [-0.39, 0.29) is 18.7 Å². The van der Waals surface area contributed by atoms with Crippen LogP contribution in [0.15, 0.2) is 0 Å². The number of hydrogen-bond acceptors (Lipinski definition) is 7. The molecule has 0 aromatic heterocycles. The third-order valence-electron chi connectivity index (χ3n) is 8.47. The first-order valence-electron chi connectivity index (χ1n) is 15.9. The van der Waals surface area contributed by atoms with Crippen molar-refractivity contribution in [2.45, 2.75) is 154 Å². The number of carbonyl (C=O) groups excluding carboxylic acids is 1. The van der Waals surface area contributed by atoms with Gasteiger partial charge in [-0.05, 0) is 84.0 Å². The van der Waals surface area contributed by atoms with Crippen LogP contribution in [0.25, 0.3) is 0 Å². The van der Waals surface area contributed by atoms with Gasteiger partial charge in [-0.15, -0.1) is 0 Å². The topological polar surface area (TPSA) is 83.5 Å². The van der Waals surface area contributed by atoms with Gasteiger partial charge in [-0.3, -0.25) is 10.1 Å². The highest BCUT2D eigenvalue weighted by atomic mass is 17.1. The lowest BCUT2D eigenvalue weighted by Gasteiger charge is -2.32. The fourth-order valence-electron chi connectivity index (χ4n) is 6.22. The van der Waals surface area contributed by atoms with E-state index in [0.717, 1.165) is 77.4 Å². The fraction of sp³-hybridized carbons (Fsp3) is 0.968. The van der Waals surface area contributed by atoms with E-state index in [9.17, 15) is 10.1 Å². The molecule has 0 aromatic carbocycles. The zero-order valence-corrected chi connectivity index (χ0v) is 24.7. The third kappa shape index (κ3) is 13.6. The van der Waals surface area contributed by atoms with Gasteiger partial charge in [-0.1, -0.05) is 51.9 Å². The van der Waals surface area contributed by atoms with E-state index < -0.39 is 12.0 Å². The Labute approximate surface area is 232 Å². The van der Waals surface area contributed by atoms with Crippen molar-refractivity contribution in [2.75, 3.05) is 26.4 Å². The minimum absolute atomic E-state index is 0.217. The lowest BCUT2D eigenvalue weighted by molar-refractivity contribution is -0.294. The molecule has 7 heteroatoms. The molecule has 0 bridgehead atoms. The Bertz CT molecular complexity index is 571. The van der Waals surface area contributed by atoms with Gasteiger partial charge < -0.3 is 18.9 Å². The molecule has 0 saturated heterocycles. The molecule has 2 aliphatic carbocycles. The number of unbranched alkanes of at least 4 members (excludes halogenated alkanes) is 6. The van der Waals surface area contributed by atoms with E-state index in [2.05, 4.69) is 6.92 Å². The number of hydrogen-bond donors (Lipinski definition) is 1. The molecular formula is C31H58O7. The summed E-state index contributed by atoms with van der Waals surface area (Å²) in [5, 5.41) is 9.85. The van der Waals surface area contributed by atoms with E-state index in [1.165, 1.54) is 32.1 Å². The molecule has 0 aliphatic heterocycles. The van der Waals surface area contributed by atoms with Crippen molar-refractivity contribution in [1.82, 2.24) is 0 Å². The van der Waals surface area contributed by atoms with Gasteiger partial charge in [0.2, 0.25) is 0 Å². The molecule has 0 spiro atoms. The molecular weight excluding hydrogens is 484 g/mol. The molecule has 0 radical (unpaired) electrons. The number of rotatable bonds is 21. The summed E-state index contributed by atoms with van der Waals surface area (Å²) in [7, 11) is 0. The second-order valence-electron chi connectivity index (χ2n) is 11.4. The summed E-state index contributed by atoms with van der Waals surface area (Å²) >= 11 is 0. The highest BCUT2D eigenvalue weighted by Gasteiger charge is 2.34. The fourth-order valence-corrected chi connectivity index (χ4v) is 6.22. The standard InChI is InChI=1S/C31H58O7/c1-4-7-8-9-10-11-12-13-29(30(38-33)24-25-14-16-26(17-15-25)34-5-2)31(32)37-23-22-36-28-20-18-27(19-21-28)35-6-3/h25-30,33H,4-24H2,1-3H3. The van der Waals surface area contributed by atoms with Gasteiger partial charge >= 0.3 is 5.97 Å². The summed E-state index contributed by atoms with van der Waals surface area (Å²) in [5.41, 5.74) is 0. The average molecular weight is 543 g/mol. The van der Waals surface area contributed by atoms with Crippen LogP contribution < -0.4 is 0 Å². The molecule has 2 rings (SSSR count). The summed E-state index contributed by atoms with van der Waals surface area (Å²) < 4.78 is 23.2. The Morgan fingerprint density at radius 2 is 1.24 bits per heavy atom. The minimum Gasteiger partial charge on any atom is -0.463 e. The van der Waals surface area contributed by atoms with Crippen molar-refractivity contribution < 1.29 is 33.9 Å². The predicted molar refractivity (Wildman–Crippen MR) is 150 cm³/mol. The molecule has 2 saturated carbocycles. The van der Waals surface area contributed by atoms with Crippen LogP contribution in [0.5, 0.6) is 0 Å². The molecule has 2 aliphatic rings. The summed E-state index contributed by atoms with van der Waals surface area (Å²) in [6.45, 7) is 8.48. The maximum atomic E-state index is 13.2. The van der Waals surface area contributed by atoms with E-state index in [0.29, 0.717) is 37.6 Å². The lowest BCUT2D eigenvalue weighted by Crippen LogP contribution is -2.35. The Morgan fingerprint density at radius 3 is 1.79 bits per heavy atom. The van der Waals surface area contributed by atoms with Gasteiger partial charge in [-0.2, -0.15) is 0 Å². The molecule has 38 heavy (non-hydrogen) atoms. The van der Waals surface area contributed by atoms with Crippen LogP contribution in [-0.2, 0) is 28.6 Å². The monoisotopic (exact) mass is 542 g/mol. The van der Waals surface area contributed by atoms with Crippen molar-refractivity contribution in [2.24, 2.45) is 11.8 Å². The second kappa shape index (κ2) is 21.1. The van der Waals surface area contributed by atoms with Crippen LogP contribution in [0.4, 0.5) is 0 Å². The number of esters is 1. The van der Waals surface area contributed by atoms with Crippen molar-refractivity contribution in [3.63, 3.8) is 0 Å². The minimum atomic E-state index is -0.522. The molecule has 2 unspecified atom stereocenters. The Kier molecular flexibility index (Phi) is 18.6. The van der Waals surface area contributed by atoms with Gasteiger partial charge in [-0.25, -0.2) is 4.89 Å². The molecule has 224 valence electrons. The summed E-state index contributed by atoms with van der Waals surface area (Å²) in [6, 6.07) is 0. The molecule has 2 fully saturated rings. The third-order valence-corrected chi connectivity index (χ3v) is 8.47. The zero-order valence-electron chi connectivity index (χ0n) is 24.7. The Morgan fingerprint density at radius 1 is 0.711 bits per heavy atom. The SMILES string of the molecule is CCCCCCCCCC(C(=O)OCCOC1CCC(OCC)CC1)C(CC1CCC(OCC)CC1)OO. The van der Waals surface area contributed by atoms with E-state index in [1.54, 1.807) is 0 Å². The first-order chi connectivity index (χ1) is 18.6. The van der Waals surface area contributed by atoms with Crippen molar-refractivity contribution in [3.8, 4) is 0 Å². The van der Waals surface area contributed by atoms with Gasteiger partial charge in [0.05, 0.1) is 30.8 Å².